The number of rotatable bonds is 5. The van der Waals surface area contributed by atoms with E-state index in [2.05, 4.69) is 25.2 Å². The molecule has 2 bridgehead atoms. The lowest BCUT2D eigenvalue weighted by Crippen LogP contribution is -2.41. The molecule has 2 fully saturated rings. The first-order valence-corrected chi connectivity index (χ1v) is 13.4. The van der Waals surface area contributed by atoms with E-state index in [0.717, 1.165) is 51.5 Å². The summed E-state index contributed by atoms with van der Waals surface area (Å²) in [5.41, 5.74) is 8.51. The number of H-pyrrole nitrogens is 1. The second-order valence-corrected chi connectivity index (χ2v) is 11.7. The number of anilines is 2. The summed E-state index contributed by atoms with van der Waals surface area (Å²) in [7, 11) is 1.78. The van der Waals surface area contributed by atoms with Crippen molar-refractivity contribution in [2.24, 2.45) is 11.7 Å². The molecule has 5 aromatic rings. The number of thiazole rings is 1. The molecule has 0 radical (unpaired) electrons. The molecule has 9 nitrogen and oxygen atoms in total. The molecule has 184 valence electrons. The number of nitrogens with one attached hydrogen (secondary N) is 2. The third kappa shape index (κ3) is 3.46. The van der Waals surface area contributed by atoms with Crippen LogP contribution >= 0.6 is 23.1 Å². The molecule has 4 N–H and O–H groups in total. The van der Waals surface area contributed by atoms with Gasteiger partial charge in [0.15, 0.2) is 10.2 Å². The van der Waals surface area contributed by atoms with E-state index in [9.17, 15) is 4.39 Å². The minimum atomic E-state index is -0.305. The van der Waals surface area contributed by atoms with Crippen molar-refractivity contribution in [3.05, 3.63) is 36.1 Å². The van der Waals surface area contributed by atoms with Gasteiger partial charge in [0.25, 0.3) is 5.89 Å². The van der Waals surface area contributed by atoms with Gasteiger partial charge in [-0.2, -0.15) is 0 Å². The Hall–Kier alpha value is -3.22. The lowest BCUT2D eigenvalue weighted by atomic mass is 10.0. The molecule has 0 spiro atoms. The van der Waals surface area contributed by atoms with Crippen LogP contribution in [0.4, 0.5) is 15.9 Å². The number of oxazole rings is 1. The minimum absolute atomic E-state index is 0.225. The molecule has 5 heterocycles. The van der Waals surface area contributed by atoms with Crippen LogP contribution in [0.5, 0.6) is 0 Å². The van der Waals surface area contributed by atoms with Crippen molar-refractivity contribution in [3.63, 3.8) is 0 Å². The number of nitrogens with zero attached hydrogens (tertiary/aromatic N) is 5. The Bertz CT molecular complexity index is 1630. The van der Waals surface area contributed by atoms with E-state index >= 15 is 0 Å². The Morgan fingerprint density at radius 2 is 2.14 bits per heavy atom. The molecule has 3 unspecified atom stereocenters. The van der Waals surface area contributed by atoms with Crippen molar-refractivity contribution in [3.8, 4) is 10.9 Å². The highest BCUT2D eigenvalue weighted by molar-refractivity contribution is 8.01. The van der Waals surface area contributed by atoms with Crippen LogP contribution in [0, 0.1) is 18.7 Å². The first-order valence-electron chi connectivity index (χ1n) is 11.8. The number of hydrogen-bond donors (Lipinski definition) is 3. The third-order valence-corrected chi connectivity index (χ3v) is 9.06. The summed E-state index contributed by atoms with van der Waals surface area (Å²) in [6, 6.07) is 3.60. The van der Waals surface area contributed by atoms with Gasteiger partial charge in [0.1, 0.15) is 23.0 Å². The van der Waals surface area contributed by atoms with Gasteiger partial charge in [-0.05, 0) is 49.6 Å². The lowest BCUT2D eigenvalue weighted by molar-refractivity contribution is 0.471. The number of piperidine rings is 1. The number of benzene rings is 1. The molecule has 2 aliphatic rings. The average Bonchev–Trinajstić information content (AvgIpc) is 3.66. The van der Waals surface area contributed by atoms with Crippen LogP contribution in [-0.4, -0.2) is 50.6 Å². The summed E-state index contributed by atoms with van der Waals surface area (Å²) < 4.78 is 21.1. The van der Waals surface area contributed by atoms with Gasteiger partial charge in [0.05, 0.1) is 33.2 Å². The van der Waals surface area contributed by atoms with Gasteiger partial charge in [-0.15, -0.1) is 11.3 Å². The number of hydrogen-bond acceptors (Lipinski definition) is 10. The quantitative estimate of drug-likeness (QED) is 0.280. The molecule has 36 heavy (non-hydrogen) atoms. The predicted molar refractivity (Wildman–Crippen MR) is 139 cm³/mol. The van der Waals surface area contributed by atoms with Gasteiger partial charge in [-0.3, -0.25) is 0 Å². The molecular weight excluding hydrogens is 499 g/mol. The van der Waals surface area contributed by atoms with E-state index in [0.29, 0.717) is 39.3 Å². The molecule has 1 aliphatic heterocycles. The Balaban J connectivity index is 1.35. The van der Waals surface area contributed by atoms with Gasteiger partial charge in [0, 0.05) is 31.1 Å². The highest BCUT2D eigenvalue weighted by atomic mass is 32.2. The molecule has 1 saturated carbocycles. The van der Waals surface area contributed by atoms with Crippen molar-refractivity contribution in [1.29, 1.82) is 0 Å². The van der Waals surface area contributed by atoms with Crippen LogP contribution in [0.2, 0.25) is 0 Å². The van der Waals surface area contributed by atoms with Gasteiger partial charge in [-0.25, -0.2) is 24.3 Å². The second kappa shape index (κ2) is 8.15. The van der Waals surface area contributed by atoms with Crippen molar-refractivity contribution >= 4 is 56.5 Å². The zero-order valence-electron chi connectivity index (χ0n) is 19.6. The summed E-state index contributed by atoms with van der Waals surface area (Å²) in [4.78, 5) is 24.4. The molecule has 1 aliphatic carbocycles. The maximum Gasteiger partial charge on any atom is 0.256 e. The average molecular weight is 523 g/mol. The number of nitrogens with two attached hydrogens (primary N) is 1. The highest BCUT2D eigenvalue weighted by Gasteiger charge is 2.44. The van der Waals surface area contributed by atoms with Gasteiger partial charge in [0.2, 0.25) is 0 Å². The number of aromatic amines is 1. The molecule has 3 atom stereocenters. The lowest BCUT2D eigenvalue weighted by Gasteiger charge is -2.31. The molecular formula is C24H23FN8OS2. The monoisotopic (exact) mass is 522 g/mol. The highest BCUT2D eigenvalue weighted by Crippen LogP contribution is 2.45. The van der Waals surface area contributed by atoms with Gasteiger partial charge in [-0.1, -0.05) is 0 Å². The molecule has 7 rings (SSSR count). The van der Waals surface area contributed by atoms with E-state index in [-0.39, 0.29) is 11.9 Å². The van der Waals surface area contributed by atoms with E-state index in [1.54, 1.807) is 25.5 Å². The zero-order valence-corrected chi connectivity index (χ0v) is 21.2. The standard InChI is InChI=1S/C24H23FN8OS2/c1-10-7-28-22(34-10)23-29-8-17(35-23)36-24-31-20-18(14-4-12(25)5-16(27-2)19(14)30-20)21(32-24)33-9-11-3-13(33)6-15(11)26/h4-5,7-8,11,13,15,27H,3,6,9,26H2,1-2H3,(H,30,31,32). The fraction of sp³-hybridized carbons (Fsp3) is 0.333. The van der Waals surface area contributed by atoms with Gasteiger partial charge >= 0.3 is 0 Å². The smallest absolute Gasteiger partial charge is 0.256 e. The number of aromatic nitrogens is 5. The van der Waals surface area contributed by atoms with Crippen molar-refractivity contribution in [2.75, 3.05) is 23.8 Å². The normalized spacial score (nSPS) is 21.3. The van der Waals surface area contributed by atoms with Crippen molar-refractivity contribution in [2.45, 2.75) is 41.2 Å². The molecule has 12 heteroatoms. The summed E-state index contributed by atoms with van der Waals surface area (Å²) >= 11 is 2.92. The molecule has 0 amide bonds. The van der Waals surface area contributed by atoms with E-state index in [1.807, 2.05) is 6.92 Å². The Morgan fingerprint density at radius 3 is 2.86 bits per heavy atom. The number of aryl methyl sites for hydroxylation is 1. The van der Waals surface area contributed by atoms with Crippen LogP contribution in [-0.2, 0) is 0 Å². The summed E-state index contributed by atoms with van der Waals surface area (Å²) in [6.45, 7) is 2.70. The zero-order chi connectivity index (χ0) is 24.6. The van der Waals surface area contributed by atoms with E-state index < -0.39 is 0 Å². The molecule has 4 aromatic heterocycles. The first kappa shape index (κ1) is 22.0. The maximum atomic E-state index is 14.6. The summed E-state index contributed by atoms with van der Waals surface area (Å²) in [5.74, 6) is 2.21. The fourth-order valence-corrected chi connectivity index (χ4v) is 7.24. The van der Waals surface area contributed by atoms with Crippen LogP contribution in [0.1, 0.15) is 18.6 Å². The Labute approximate surface area is 213 Å². The predicted octanol–water partition coefficient (Wildman–Crippen LogP) is 4.79. The number of halogens is 1. The van der Waals surface area contributed by atoms with Gasteiger partial charge < -0.3 is 25.4 Å². The molecule has 1 aromatic carbocycles. The second-order valence-electron chi connectivity index (χ2n) is 9.37. The van der Waals surface area contributed by atoms with Crippen LogP contribution in [0.25, 0.3) is 32.8 Å². The Morgan fingerprint density at radius 1 is 1.25 bits per heavy atom. The van der Waals surface area contributed by atoms with E-state index in [4.69, 9.17) is 20.1 Å². The first-order chi connectivity index (χ1) is 17.5. The van der Waals surface area contributed by atoms with Crippen LogP contribution in [0.3, 0.4) is 0 Å². The largest absolute Gasteiger partial charge is 0.440 e. The summed E-state index contributed by atoms with van der Waals surface area (Å²) in [5, 5.41) is 6.01. The SMILES string of the molecule is CNc1cc(F)cc2c1[nH]c1nc(Sc3cnc(-c4ncc(C)o4)s3)nc(N3CC4CC3CC4N)c12. The van der Waals surface area contributed by atoms with E-state index in [1.165, 1.54) is 29.2 Å². The van der Waals surface area contributed by atoms with Crippen molar-refractivity contribution in [1.82, 2.24) is 24.9 Å². The fourth-order valence-electron chi connectivity index (χ4n) is 5.48. The minimum Gasteiger partial charge on any atom is -0.440 e. The summed E-state index contributed by atoms with van der Waals surface area (Å²) in [6.07, 6.45) is 5.46. The number of fused-ring (bicyclic) bond motifs is 5. The third-order valence-electron chi connectivity index (χ3n) is 7.10. The van der Waals surface area contributed by atoms with Crippen molar-refractivity contribution < 1.29 is 8.81 Å². The van der Waals surface area contributed by atoms with Crippen LogP contribution < -0.4 is 16.0 Å². The van der Waals surface area contributed by atoms with Crippen LogP contribution in [0.15, 0.2) is 38.3 Å². The Kier molecular flexibility index (Phi) is 4.98. The maximum absolute atomic E-state index is 14.6. The topological polar surface area (TPSA) is 122 Å². The molecule has 1 saturated heterocycles.